The van der Waals surface area contributed by atoms with E-state index in [-0.39, 0.29) is 0 Å². The third kappa shape index (κ3) is 4.81. The normalized spacial score (nSPS) is 12.2. The van der Waals surface area contributed by atoms with E-state index in [0.717, 1.165) is 5.56 Å². The maximum absolute atomic E-state index is 8.72. The Kier molecular flexibility index (Phi) is 5.62. The highest BCUT2D eigenvalue weighted by molar-refractivity contribution is 5.79. The van der Waals surface area contributed by atoms with E-state index in [1.54, 1.807) is 13.8 Å². The molecule has 0 fully saturated rings. The van der Waals surface area contributed by atoms with Gasteiger partial charge in [-0.15, -0.1) is 10.2 Å². The van der Waals surface area contributed by atoms with Gasteiger partial charge < -0.3 is 0 Å². The fraction of sp³-hybridized carbons (Fsp3) is 0.273. The van der Waals surface area contributed by atoms with E-state index in [1.807, 2.05) is 41.3 Å². The number of hydrogen-bond acceptors (Lipinski definition) is 5. The van der Waals surface area contributed by atoms with Crippen molar-refractivity contribution >= 4 is 11.7 Å². The first-order chi connectivity index (χ1) is 8.65. The minimum absolute atomic E-state index is 0.292. The van der Waals surface area contributed by atoms with E-state index < -0.39 is 0 Å². The number of nitrogens with zero attached hydrogens (tertiary/aromatic N) is 3. The van der Waals surface area contributed by atoms with Crippen LogP contribution in [0.15, 0.2) is 40.5 Å². The van der Waals surface area contributed by atoms with Crippen LogP contribution >= 0.6 is 0 Å². The van der Waals surface area contributed by atoms with Crippen LogP contribution in [0.3, 0.4) is 0 Å². The molecule has 0 saturated heterocycles. The summed E-state index contributed by atoms with van der Waals surface area (Å²) in [4.78, 5) is 0. The van der Waals surface area contributed by atoms with Crippen molar-refractivity contribution in [1.29, 1.82) is 0 Å². The second-order valence-electron chi connectivity index (χ2n) is 3.61. The van der Waals surface area contributed by atoms with Gasteiger partial charge >= 0.3 is 0 Å². The predicted molar refractivity (Wildman–Crippen MR) is 68.0 cm³/mol. The molecule has 18 heavy (non-hydrogen) atoms. The second kappa shape index (κ2) is 7.25. The minimum Gasteiger partial charge on any atom is -0.290 e. The van der Waals surface area contributed by atoms with Crippen LogP contribution in [0.2, 0.25) is 0 Å². The quantitative estimate of drug-likeness (QED) is 0.365. The molecule has 4 N–H and O–H groups in total. The standard InChI is InChI=1S/C11H17N5O2/c1-9(14-17)12-16(13-10(2)15-18)8-11-6-4-3-5-7-11/h3-7,17-18H,8H2,1-2H3,(H,12,14)(H,13,15). The molecular formula is C11H17N5O2. The Morgan fingerprint density at radius 3 is 2.00 bits per heavy atom. The number of hydrazone groups is 2. The summed E-state index contributed by atoms with van der Waals surface area (Å²) in [5.74, 6) is 0.584. The van der Waals surface area contributed by atoms with Crippen molar-refractivity contribution in [1.82, 2.24) is 16.1 Å². The third-order valence-electron chi connectivity index (χ3n) is 2.02. The predicted octanol–water partition coefficient (Wildman–Crippen LogP) is 1.11. The average molecular weight is 251 g/mol. The number of nitrogens with one attached hydrogen (secondary N) is 2. The lowest BCUT2D eigenvalue weighted by Crippen LogP contribution is -2.24. The summed E-state index contributed by atoms with van der Waals surface area (Å²) in [6, 6.07) is 9.61. The largest absolute Gasteiger partial charge is 0.290 e. The van der Waals surface area contributed by atoms with Crippen LogP contribution in [0.5, 0.6) is 0 Å². The molecule has 0 heterocycles. The molecule has 0 radical (unpaired) electrons. The molecular weight excluding hydrogens is 234 g/mol. The molecule has 98 valence electrons. The highest BCUT2D eigenvalue weighted by Gasteiger charge is 2.03. The molecule has 0 spiro atoms. The Morgan fingerprint density at radius 2 is 1.56 bits per heavy atom. The van der Waals surface area contributed by atoms with Crippen molar-refractivity contribution in [2.24, 2.45) is 10.2 Å². The maximum Gasteiger partial charge on any atom is 0.144 e. The van der Waals surface area contributed by atoms with Gasteiger partial charge in [-0.05, 0) is 19.4 Å². The van der Waals surface area contributed by atoms with Crippen molar-refractivity contribution < 1.29 is 10.4 Å². The Bertz CT molecular complexity index is 399. The lowest BCUT2D eigenvalue weighted by Gasteiger charge is -2.15. The van der Waals surface area contributed by atoms with Gasteiger partial charge in [-0.3, -0.25) is 21.4 Å². The van der Waals surface area contributed by atoms with Gasteiger partial charge in [0.2, 0.25) is 0 Å². The van der Waals surface area contributed by atoms with Gasteiger partial charge in [0.25, 0.3) is 0 Å². The van der Waals surface area contributed by atoms with Gasteiger partial charge in [0, 0.05) is 0 Å². The van der Waals surface area contributed by atoms with E-state index >= 15 is 0 Å². The highest BCUT2D eigenvalue weighted by Crippen LogP contribution is 2.05. The molecule has 1 aromatic carbocycles. The summed E-state index contributed by atoms with van der Waals surface area (Å²) in [6.07, 6.45) is 0. The van der Waals surface area contributed by atoms with Crippen molar-refractivity contribution in [2.45, 2.75) is 20.4 Å². The molecule has 7 heteroatoms. The molecule has 0 bridgehead atoms. The maximum atomic E-state index is 8.72. The first-order valence-corrected chi connectivity index (χ1v) is 5.37. The average Bonchev–Trinajstić information content (AvgIpc) is 2.39. The zero-order valence-corrected chi connectivity index (χ0v) is 10.3. The summed E-state index contributed by atoms with van der Waals surface area (Å²) in [6.45, 7) is 3.60. The van der Waals surface area contributed by atoms with Gasteiger partial charge in [0.1, 0.15) is 11.7 Å². The molecule has 0 saturated carbocycles. The van der Waals surface area contributed by atoms with E-state index in [2.05, 4.69) is 10.2 Å². The third-order valence-corrected chi connectivity index (χ3v) is 2.02. The molecule has 0 aliphatic carbocycles. The number of hydrogen-bond donors (Lipinski definition) is 4. The lowest BCUT2D eigenvalue weighted by molar-refractivity contribution is 0.214. The second-order valence-corrected chi connectivity index (χ2v) is 3.61. The first-order valence-electron chi connectivity index (χ1n) is 5.37. The summed E-state index contributed by atoms with van der Waals surface area (Å²) in [7, 11) is 0. The van der Waals surface area contributed by atoms with Crippen molar-refractivity contribution in [3.63, 3.8) is 0 Å². The molecule has 0 aliphatic rings. The monoisotopic (exact) mass is 251 g/mol. The Morgan fingerprint density at radius 1 is 1.06 bits per heavy atom. The lowest BCUT2D eigenvalue weighted by atomic mass is 10.2. The van der Waals surface area contributed by atoms with Gasteiger partial charge in [-0.1, -0.05) is 30.3 Å². The van der Waals surface area contributed by atoms with E-state index in [9.17, 15) is 0 Å². The Hall–Kier alpha value is -2.12. The molecule has 1 aromatic rings. The van der Waals surface area contributed by atoms with Crippen LogP contribution < -0.4 is 11.0 Å². The van der Waals surface area contributed by atoms with Gasteiger partial charge in [0.05, 0.1) is 6.54 Å². The summed E-state index contributed by atoms with van der Waals surface area (Å²) >= 11 is 0. The van der Waals surface area contributed by atoms with Crippen LogP contribution in [-0.4, -0.2) is 27.2 Å². The first kappa shape index (κ1) is 13.9. The molecule has 7 nitrogen and oxygen atoms in total. The topological polar surface area (TPSA) is 92.5 Å². The van der Waals surface area contributed by atoms with Gasteiger partial charge in [0.15, 0.2) is 0 Å². The summed E-state index contributed by atoms with van der Waals surface area (Å²) in [5, 5.41) is 26.9. The van der Waals surface area contributed by atoms with Crippen molar-refractivity contribution in [2.75, 3.05) is 0 Å². The molecule has 1 rings (SSSR count). The fourth-order valence-corrected chi connectivity index (χ4v) is 1.23. The van der Waals surface area contributed by atoms with E-state index in [1.165, 1.54) is 5.12 Å². The highest BCUT2D eigenvalue weighted by atomic mass is 16.5. The van der Waals surface area contributed by atoms with Crippen molar-refractivity contribution in [3.8, 4) is 0 Å². The van der Waals surface area contributed by atoms with Crippen LogP contribution in [0.1, 0.15) is 19.4 Å². The molecule has 0 atom stereocenters. The SMILES string of the molecule is CC(=NN(Cc1ccccc1)N=C(C)NO)NO. The number of benzene rings is 1. The summed E-state index contributed by atoms with van der Waals surface area (Å²) in [5.41, 5.74) is 4.86. The summed E-state index contributed by atoms with van der Waals surface area (Å²) < 4.78 is 0. The molecule has 0 amide bonds. The van der Waals surface area contributed by atoms with Gasteiger partial charge in [-0.2, -0.15) is 5.12 Å². The van der Waals surface area contributed by atoms with Crippen LogP contribution in [-0.2, 0) is 6.54 Å². The zero-order chi connectivity index (χ0) is 13.4. The van der Waals surface area contributed by atoms with Crippen molar-refractivity contribution in [3.05, 3.63) is 35.9 Å². The molecule has 0 unspecified atom stereocenters. The van der Waals surface area contributed by atoms with Crippen LogP contribution in [0.4, 0.5) is 0 Å². The number of hydroxylamine groups is 2. The van der Waals surface area contributed by atoms with Crippen LogP contribution in [0, 0.1) is 0 Å². The fourth-order valence-electron chi connectivity index (χ4n) is 1.23. The Labute approximate surface area is 105 Å². The van der Waals surface area contributed by atoms with E-state index in [4.69, 9.17) is 10.4 Å². The molecule has 0 aromatic heterocycles. The van der Waals surface area contributed by atoms with E-state index in [0.29, 0.717) is 18.2 Å². The number of rotatable bonds is 4. The number of amidine groups is 2. The zero-order valence-electron chi connectivity index (χ0n) is 10.3. The minimum atomic E-state index is 0.292. The Balaban J connectivity index is 2.85. The smallest absolute Gasteiger partial charge is 0.144 e. The van der Waals surface area contributed by atoms with Crippen LogP contribution in [0.25, 0.3) is 0 Å². The molecule has 0 aliphatic heterocycles. The van der Waals surface area contributed by atoms with Gasteiger partial charge in [-0.25, -0.2) is 0 Å².